The van der Waals surface area contributed by atoms with Gasteiger partial charge in [-0.05, 0) is 50.1 Å². The summed E-state index contributed by atoms with van der Waals surface area (Å²) >= 11 is 0. The van der Waals surface area contributed by atoms with Crippen molar-refractivity contribution in [2.24, 2.45) is 5.92 Å². The summed E-state index contributed by atoms with van der Waals surface area (Å²) < 4.78 is 26.3. The first-order chi connectivity index (χ1) is 8.50. The highest BCUT2D eigenvalue weighted by Gasteiger charge is 2.04. The number of hydrogen-bond donors (Lipinski definition) is 1. The number of allylic oxidation sites excluding steroid dienone is 1. The summed E-state index contributed by atoms with van der Waals surface area (Å²) in [5.74, 6) is -0.411. The molecule has 0 aromatic heterocycles. The molecule has 0 amide bonds. The molecule has 0 aliphatic rings. The molecule has 1 nitrogen and oxygen atoms in total. The molecule has 0 heterocycles. The molecule has 0 aliphatic carbocycles. The molecule has 1 aromatic rings. The number of rotatable bonds is 6. The third-order valence-corrected chi connectivity index (χ3v) is 2.68. The molecule has 1 N–H and O–H groups in total. The molecule has 100 valence electrons. The molecule has 0 saturated heterocycles. The van der Waals surface area contributed by atoms with Crippen LogP contribution >= 0.6 is 0 Å². The average molecular weight is 253 g/mol. The predicted octanol–water partition coefficient (Wildman–Crippen LogP) is 4.00. The fourth-order valence-electron chi connectivity index (χ4n) is 1.70. The summed E-state index contributed by atoms with van der Waals surface area (Å²) in [7, 11) is 0. The Bertz CT molecular complexity index is 411. The second-order valence-corrected chi connectivity index (χ2v) is 4.90. The van der Waals surface area contributed by atoms with Crippen molar-refractivity contribution in [2.75, 3.05) is 13.1 Å². The van der Waals surface area contributed by atoms with Gasteiger partial charge in [-0.25, -0.2) is 8.78 Å². The maximum Gasteiger partial charge on any atom is 0.133 e. The maximum atomic E-state index is 13.5. The molecule has 1 rings (SSSR count). The minimum atomic E-state index is -0.539. The standard InChI is InChI=1S/C15H21F2N/c1-11(2)10-18-8-4-5-12(3)14-7-6-13(16)9-15(14)17/h5-7,9,11,18H,4,8,10H2,1-3H3. The number of benzene rings is 1. The Balaban J connectivity index is 2.50. The Hall–Kier alpha value is -1.22. The molecule has 1 aromatic carbocycles. The van der Waals surface area contributed by atoms with Gasteiger partial charge in [-0.3, -0.25) is 0 Å². The van der Waals surface area contributed by atoms with Crippen LogP contribution in [-0.2, 0) is 0 Å². The molecule has 0 saturated carbocycles. The van der Waals surface area contributed by atoms with Crippen molar-refractivity contribution >= 4 is 5.57 Å². The highest BCUT2D eigenvalue weighted by molar-refractivity contribution is 5.64. The minimum absolute atomic E-state index is 0.472. The summed E-state index contributed by atoms with van der Waals surface area (Å²) in [5, 5.41) is 3.32. The highest BCUT2D eigenvalue weighted by atomic mass is 19.1. The third-order valence-electron chi connectivity index (χ3n) is 2.68. The van der Waals surface area contributed by atoms with Gasteiger partial charge in [-0.15, -0.1) is 0 Å². The average Bonchev–Trinajstić information content (AvgIpc) is 2.27. The number of hydrogen-bond acceptors (Lipinski definition) is 1. The van der Waals surface area contributed by atoms with E-state index in [-0.39, 0.29) is 0 Å². The summed E-state index contributed by atoms with van der Waals surface area (Å²) in [5.41, 5.74) is 1.32. The topological polar surface area (TPSA) is 12.0 Å². The van der Waals surface area contributed by atoms with Crippen molar-refractivity contribution in [3.05, 3.63) is 41.5 Å². The van der Waals surface area contributed by atoms with E-state index in [9.17, 15) is 8.78 Å². The van der Waals surface area contributed by atoms with Gasteiger partial charge in [0.1, 0.15) is 11.6 Å². The van der Waals surface area contributed by atoms with Gasteiger partial charge in [0.15, 0.2) is 0 Å². The van der Waals surface area contributed by atoms with Crippen LogP contribution in [0.25, 0.3) is 5.57 Å². The zero-order valence-electron chi connectivity index (χ0n) is 11.3. The molecule has 18 heavy (non-hydrogen) atoms. The van der Waals surface area contributed by atoms with Gasteiger partial charge in [0.2, 0.25) is 0 Å². The molecule has 0 unspecified atom stereocenters. The van der Waals surface area contributed by atoms with Crippen LogP contribution in [0.3, 0.4) is 0 Å². The van der Waals surface area contributed by atoms with Crippen molar-refractivity contribution in [3.63, 3.8) is 0 Å². The van der Waals surface area contributed by atoms with Gasteiger partial charge < -0.3 is 5.32 Å². The van der Waals surface area contributed by atoms with Crippen LogP contribution in [-0.4, -0.2) is 13.1 Å². The molecular formula is C15H21F2N. The SMILES string of the molecule is CC(=CCCNCC(C)C)c1ccc(F)cc1F. The van der Waals surface area contributed by atoms with Gasteiger partial charge in [-0.1, -0.05) is 19.9 Å². The van der Waals surface area contributed by atoms with Crippen molar-refractivity contribution in [1.29, 1.82) is 0 Å². The van der Waals surface area contributed by atoms with Crippen LogP contribution in [0, 0.1) is 17.6 Å². The summed E-state index contributed by atoms with van der Waals surface area (Å²) in [6, 6.07) is 3.69. The second kappa shape index (κ2) is 7.27. The lowest BCUT2D eigenvalue weighted by Gasteiger charge is -2.07. The number of nitrogens with one attached hydrogen (secondary N) is 1. The zero-order chi connectivity index (χ0) is 13.5. The van der Waals surface area contributed by atoms with Crippen LogP contribution in [0.2, 0.25) is 0 Å². The molecule has 0 spiro atoms. The highest BCUT2D eigenvalue weighted by Crippen LogP contribution is 2.18. The Morgan fingerprint density at radius 3 is 2.67 bits per heavy atom. The Morgan fingerprint density at radius 2 is 2.06 bits per heavy atom. The van der Waals surface area contributed by atoms with Crippen LogP contribution < -0.4 is 5.32 Å². The fraction of sp³-hybridized carbons (Fsp3) is 0.467. The third kappa shape index (κ3) is 4.96. The van der Waals surface area contributed by atoms with Crippen LogP contribution in [0.5, 0.6) is 0 Å². The van der Waals surface area contributed by atoms with E-state index < -0.39 is 11.6 Å². The smallest absolute Gasteiger partial charge is 0.133 e. The minimum Gasteiger partial charge on any atom is -0.316 e. The molecule has 0 aliphatic heterocycles. The lowest BCUT2D eigenvalue weighted by atomic mass is 10.1. The van der Waals surface area contributed by atoms with E-state index in [0.29, 0.717) is 11.5 Å². The molecule has 0 radical (unpaired) electrons. The molecule has 3 heteroatoms. The normalized spacial score (nSPS) is 12.2. The fourth-order valence-corrected chi connectivity index (χ4v) is 1.70. The predicted molar refractivity (Wildman–Crippen MR) is 72.3 cm³/mol. The van der Waals surface area contributed by atoms with Gasteiger partial charge in [0.25, 0.3) is 0 Å². The van der Waals surface area contributed by atoms with Gasteiger partial charge >= 0.3 is 0 Å². The second-order valence-electron chi connectivity index (χ2n) is 4.90. The Labute approximate surface area is 108 Å². The maximum absolute atomic E-state index is 13.5. The molecule has 0 bridgehead atoms. The van der Waals surface area contributed by atoms with Crippen molar-refractivity contribution < 1.29 is 8.78 Å². The van der Waals surface area contributed by atoms with Crippen LogP contribution in [0.1, 0.15) is 32.8 Å². The first-order valence-electron chi connectivity index (χ1n) is 6.33. The first kappa shape index (κ1) is 14.8. The molecular weight excluding hydrogens is 232 g/mol. The Kier molecular flexibility index (Phi) is 5.99. The largest absolute Gasteiger partial charge is 0.316 e. The van der Waals surface area contributed by atoms with Crippen molar-refractivity contribution in [2.45, 2.75) is 27.2 Å². The van der Waals surface area contributed by atoms with E-state index in [1.54, 1.807) is 0 Å². The zero-order valence-corrected chi connectivity index (χ0v) is 11.3. The Morgan fingerprint density at radius 1 is 1.33 bits per heavy atom. The molecule has 0 fully saturated rings. The first-order valence-corrected chi connectivity index (χ1v) is 6.33. The summed E-state index contributed by atoms with van der Waals surface area (Å²) in [6.07, 6.45) is 2.82. The quantitative estimate of drug-likeness (QED) is 0.755. The van der Waals surface area contributed by atoms with E-state index in [0.717, 1.165) is 31.1 Å². The van der Waals surface area contributed by atoms with Gasteiger partial charge in [0, 0.05) is 11.6 Å². The van der Waals surface area contributed by atoms with Crippen molar-refractivity contribution in [3.8, 4) is 0 Å². The van der Waals surface area contributed by atoms with E-state index in [1.165, 1.54) is 12.1 Å². The van der Waals surface area contributed by atoms with E-state index >= 15 is 0 Å². The van der Waals surface area contributed by atoms with Gasteiger partial charge in [-0.2, -0.15) is 0 Å². The van der Waals surface area contributed by atoms with Crippen LogP contribution in [0.4, 0.5) is 8.78 Å². The number of halogens is 2. The summed E-state index contributed by atoms with van der Waals surface area (Å²) in [6.45, 7) is 8.01. The lowest BCUT2D eigenvalue weighted by molar-refractivity contribution is 0.557. The molecule has 0 atom stereocenters. The van der Waals surface area contributed by atoms with E-state index in [2.05, 4.69) is 19.2 Å². The van der Waals surface area contributed by atoms with E-state index in [4.69, 9.17) is 0 Å². The van der Waals surface area contributed by atoms with Crippen molar-refractivity contribution in [1.82, 2.24) is 5.32 Å². The summed E-state index contributed by atoms with van der Waals surface area (Å²) in [4.78, 5) is 0. The lowest BCUT2D eigenvalue weighted by Crippen LogP contribution is -2.20. The van der Waals surface area contributed by atoms with E-state index in [1.807, 2.05) is 13.0 Å². The monoisotopic (exact) mass is 253 g/mol. The van der Waals surface area contributed by atoms with Crippen LogP contribution in [0.15, 0.2) is 24.3 Å². The van der Waals surface area contributed by atoms with Gasteiger partial charge in [0.05, 0.1) is 0 Å².